The Morgan fingerprint density at radius 3 is 2.57 bits per heavy atom. The average Bonchev–Trinajstić information content (AvgIpc) is 2.79. The van der Waals surface area contributed by atoms with Gasteiger partial charge < -0.3 is 10.1 Å². The molecule has 0 aromatic carbocycles. The van der Waals surface area contributed by atoms with Crippen LogP contribution in [0.1, 0.15) is 70.5 Å². The first kappa shape index (κ1) is 16.5. The van der Waals surface area contributed by atoms with E-state index < -0.39 is 0 Å². The van der Waals surface area contributed by atoms with Crippen LogP contribution in [0.3, 0.4) is 0 Å². The molecule has 1 saturated carbocycles. The second kappa shape index (κ2) is 7.95. The maximum absolute atomic E-state index is 6.36. The summed E-state index contributed by atoms with van der Waals surface area (Å²) in [4.78, 5) is 0. The first-order valence-electron chi connectivity index (χ1n) is 8.60. The van der Waals surface area contributed by atoms with Gasteiger partial charge in [0.1, 0.15) is 0 Å². The van der Waals surface area contributed by atoms with E-state index in [2.05, 4.69) is 42.1 Å². The van der Waals surface area contributed by atoms with E-state index in [0.29, 0.717) is 0 Å². The van der Waals surface area contributed by atoms with Gasteiger partial charge in [-0.3, -0.25) is 4.68 Å². The van der Waals surface area contributed by atoms with E-state index >= 15 is 0 Å². The van der Waals surface area contributed by atoms with E-state index in [9.17, 15) is 0 Å². The van der Waals surface area contributed by atoms with Crippen molar-refractivity contribution in [3.05, 3.63) is 18.0 Å². The topological polar surface area (TPSA) is 39.1 Å². The van der Waals surface area contributed by atoms with Crippen molar-refractivity contribution in [3.63, 3.8) is 0 Å². The van der Waals surface area contributed by atoms with Crippen molar-refractivity contribution in [1.82, 2.24) is 15.1 Å². The van der Waals surface area contributed by atoms with Crippen LogP contribution >= 0.6 is 0 Å². The molecule has 0 saturated heterocycles. The van der Waals surface area contributed by atoms with E-state index in [4.69, 9.17) is 4.74 Å². The fourth-order valence-electron chi connectivity index (χ4n) is 3.80. The lowest BCUT2D eigenvalue weighted by Crippen LogP contribution is -2.46. The Labute approximate surface area is 129 Å². The average molecular weight is 293 g/mol. The highest BCUT2D eigenvalue weighted by Crippen LogP contribution is 2.40. The molecule has 1 N–H and O–H groups in total. The van der Waals surface area contributed by atoms with Gasteiger partial charge in [-0.2, -0.15) is 5.10 Å². The predicted octanol–water partition coefficient (Wildman–Crippen LogP) is 3.68. The third kappa shape index (κ3) is 3.67. The van der Waals surface area contributed by atoms with Crippen LogP contribution < -0.4 is 5.32 Å². The van der Waals surface area contributed by atoms with Crippen LogP contribution in [-0.4, -0.2) is 29.0 Å². The molecule has 2 rings (SSSR count). The molecular weight excluding hydrogens is 262 g/mol. The van der Waals surface area contributed by atoms with Crippen LogP contribution in [0.15, 0.2) is 12.3 Å². The normalized spacial score (nSPS) is 20.1. The molecule has 4 nitrogen and oxygen atoms in total. The zero-order valence-electron chi connectivity index (χ0n) is 13.9. The summed E-state index contributed by atoms with van der Waals surface area (Å²) in [5, 5.41) is 8.05. The van der Waals surface area contributed by atoms with E-state index in [-0.39, 0.29) is 11.6 Å². The summed E-state index contributed by atoms with van der Waals surface area (Å²) in [6.45, 7) is 6.06. The lowest BCUT2D eigenvalue weighted by atomic mass is 9.84. The standard InChI is InChI=1S/C17H31N3O/c1-4-14-20-15(10-13-19-20)16(18-3)17(21-5-2)11-8-6-7-9-12-17/h10,13,16,18H,4-9,11-12,14H2,1-3H3. The highest BCUT2D eigenvalue weighted by atomic mass is 16.5. The zero-order valence-corrected chi connectivity index (χ0v) is 13.9. The molecule has 1 aromatic rings. The second-order valence-electron chi connectivity index (χ2n) is 6.11. The van der Waals surface area contributed by atoms with E-state index in [1.165, 1.54) is 31.4 Å². The Morgan fingerprint density at radius 2 is 2.00 bits per heavy atom. The third-order valence-electron chi connectivity index (χ3n) is 4.68. The number of nitrogens with one attached hydrogen (secondary N) is 1. The first-order valence-corrected chi connectivity index (χ1v) is 8.60. The summed E-state index contributed by atoms with van der Waals surface area (Å²) in [6.07, 6.45) is 10.5. The Balaban J connectivity index is 2.32. The van der Waals surface area contributed by atoms with Crippen LogP contribution in [0.25, 0.3) is 0 Å². The van der Waals surface area contributed by atoms with Gasteiger partial charge in [-0.1, -0.05) is 32.6 Å². The van der Waals surface area contributed by atoms with Crippen LogP contribution in [0.4, 0.5) is 0 Å². The number of ether oxygens (including phenoxy) is 1. The molecule has 21 heavy (non-hydrogen) atoms. The molecule has 0 radical (unpaired) electrons. The molecule has 0 amide bonds. The Morgan fingerprint density at radius 1 is 1.29 bits per heavy atom. The second-order valence-corrected chi connectivity index (χ2v) is 6.11. The number of hydrogen-bond acceptors (Lipinski definition) is 3. The smallest absolute Gasteiger partial charge is 0.0891 e. The Bertz CT molecular complexity index is 408. The quantitative estimate of drug-likeness (QED) is 0.779. The molecule has 1 aromatic heterocycles. The maximum Gasteiger partial charge on any atom is 0.0891 e. The van der Waals surface area contributed by atoms with Crippen LogP contribution in [-0.2, 0) is 11.3 Å². The minimum absolute atomic E-state index is 0.0779. The van der Waals surface area contributed by atoms with Gasteiger partial charge in [0, 0.05) is 19.3 Å². The monoisotopic (exact) mass is 293 g/mol. The van der Waals surface area contributed by atoms with Crippen molar-refractivity contribution in [2.24, 2.45) is 0 Å². The summed E-state index contributed by atoms with van der Waals surface area (Å²) < 4.78 is 8.50. The largest absolute Gasteiger partial charge is 0.373 e. The molecule has 1 fully saturated rings. The number of aryl methyl sites for hydroxylation is 1. The molecule has 120 valence electrons. The zero-order chi connectivity index (χ0) is 15.1. The molecule has 1 aliphatic rings. The fraction of sp³-hybridized carbons (Fsp3) is 0.824. The van der Waals surface area contributed by atoms with Crippen molar-refractivity contribution in [1.29, 1.82) is 0 Å². The van der Waals surface area contributed by atoms with Gasteiger partial charge in [0.2, 0.25) is 0 Å². The van der Waals surface area contributed by atoms with Crippen LogP contribution in [0.5, 0.6) is 0 Å². The molecule has 0 spiro atoms. The molecule has 4 heteroatoms. The Hall–Kier alpha value is -0.870. The summed E-state index contributed by atoms with van der Waals surface area (Å²) in [7, 11) is 2.06. The summed E-state index contributed by atoms with van der Waals surface area (Å²) >= 11 is 0. The maximum atomic E-state index is 6.36. The van der Waals surface area contributed by atoms with Crippen molar-refractivity contribution >= 4 is 0 Å². The third-order valence-corrected chi connectivity index (χ3v) is 4.68. The summed E-state index contributed by atoms with van der Waals surface area (Å²) in [5.41, 5.74) is 1.20. The number of likely N-dealkylation sites (N-methyl/N-ethyl adjacent to an activating group) is 1. The molecule has 1 heterocycles. The van der Waals surface area contributed by atoms with Crippen molar-refractivity contribution in [3.8, 4) is 0 Å². The predicted molar refractivity (Wildman–Crippen MR) is 86.4 cm³/mol. The molecule has 1 aliphatic carbocycles. The van der Waals surface area contributed by atoms with Gasteiger partial charge in [-0.25, -0.2) is 0 Å². The Kier molecular flexibility index (Phi) is 6.24. The summed E-state index contributed by atoms with van der Waals surface area (Å²) in [6, 6.07) is 2.38. The fourth-order valence-corrected chi connectivity index (χ4v) is 3.80. The minimum atomic E-state index is -0.0779. The van der Waals surface area contributed by atoms with Gasteiger partial charge in [0.05, 0.1) is 17.3 Å². The lowest BCUT2D eigenvalue weighted by Gasteiger charge is -2.40. The molecule has 1 unspecified atom stereocenters. The molecular formula is C17H31N3O. The van der Waals surface area contributed by atoms with Gasteiger partial charge in [0.15, 0.2) is 0 Å². The van der Waals surface area contributed by atoms with Crippen LogP contribution in [0, 0.1) is 0 Å². The number of aromatic nitrogens is 2. The van der Waals surface area contributed by atoms with Gasteiger partial charge >= 0.3 is 0 Å². The lowest BCUT2D eigenvalue weighted by molar-refractivity contribution is -0.0784. The summed E-state index contributed by atoms with van der Waals surface area (Å²) in [5.74, 6) is 0. The van der Waals surface area contributed by atoms with E-state index in [1.54, 1.807) is 0 Å². The highest BCUT2D eigenvalue weighted by Gasteiger charge is 2.41. The number of nitrogens with zero attached hydrogens (tertiary/aromatic N) is 2. The molecule has 0 bridgehead atoms. The van der Waals surface area contributed by atoms with Gasteiger partial charge in [-0.15, -0.1) is 0 Å². The molecule has 1 atom stereocenters. The first-order chi connectivity index (χ1) is 10.3. The molecule has 0 aliphatic heterocycles. The number of rotatable bonds is 7. The van der Waals surface area contributed by atoms with E-state index in [0.717, 1.165) is 32.4 Å². The van der Waals surface area contributed by atoms with Crippen molar-refractivity contribution < 1.29 is 4.74 Å². The van der Waals surface area contributed by atoms with Gasteiger partial charge in [-0.05, 0) is 39.3 Å². The van der Waals surface area contributed by atoms with Crippen LogP contribution in [0.2, 0.25) is 0 Å². The number of hydrogen-bond donors (Lipinski definition) is 1. The highest BCUT2D eigenvalue weighted by molar-refractivity contribution is 5.14. The SMILES string of the molecule is CCCn1nccc1C(NC)C1(OCC)CCCCCC1. The van der Waals surface area contributed by atoms with Crippen molar-refractivity contribution in [2.45, 2.75) is 77.0 Å². The van der Waals surface area contributed by atoms with Gasteiger partial charge in [0.25, 0.3) is 0 Å². The minimum Gasteiger partial charge on any atom is -0.373 e. The van der Waals surface area contributed by atoms with Crippen molar-refractivity contribution in [2.75, 3.05) is 13.7 Å². The van der Waals surface area contributed by atoms with E-state index in [1.807, 2.05) is 6.20 Å².